The third-order valence-corrected chi connectivity index (χ3v) is 3.05. The molecule has 0 aliphatic heterocycles. The van der Waals surface area contributed by atoms with Crippen LogP contribution >= 0.6 is 11.6 Å². The van der Waals surface area contributed by atoms with Crippen LogP contribution in [0.2, 0.25) is 5.02 Å². The van der Waals surface area contributed by atoms with Gasteiger partial charge >= 0.3 is 0 Å². The maximum absolute atomic E-state index is 11.2. The predicted octanol–water partition coefficient (Wildman–Crippen LogP) is 1.64. The average Bonchev–Trinajstić information content (AvgIpc) is 2.75. The van der Waals surface area contributed by atoms with Crippen LogP contribution in [0.5, 0.6) is 0 Å². The first-order valence-corrected chi connectivity index (χ1v) is 5.96. The molecule has 1 aromatic heterocycles. The Morgan fingerprint density at radius 1 is 1.44 bits per heavy atom. The fourth-order valence-corrected chi connectivity index (χ4v) is 1.98. The fraction of sp³-hybridized carbons (Fsp3) is 0.250. The summed E-state index contributed by atoms with van der Waals surface area (Å²) in [6.07, 6.45) is 0.635. The number of rotatable bonds is 4. The minimum absolute atomic E-state index is 0.226. The lowest BCUT2D eigenvalue weighted by Gasteiger charge is -2.06. The third kappa shape index (κ3) is 2.36. The zero-order valence-electron chi connectivity index (χ0n) is 9.93. The van der Waals surface area contributed by atoms with E-state index in [9.17, 15) is 4.79 Å². The van der Waals surface area contributed by atoms with Crippen molar-refractivity contribution in [3.63, 3.8) is 0 Å². The van der Waals surface area contributed by atoms with E-state index < -0.39 is 5.91 Å². The number of carbonyl (C=O) groups excluding carboxylic acids is 1. The number of primary amides is 1. The van der Waals surface area contributed by atoms with Gasteiger partial charge in [-0.3, -0.25) is 4.79 Å². The van der Waals surface area contributed by atoms with Gasteiger partial charge in [0.25, 0.3) is 5.91 Å². The van der Waals surface area contributed by atoms with Gasteiger partial charge in [0, 0.05) is 5.02 Å². The van der Waals surface area contributed by atoms with Gasteiger partial charge in [0.05, 0.1) is 12.2 Å². The highest BCUT2D eigenvalue weighted by Crippen LogP contribution is 2.17. The second-order valence-corrected chi connectivity index (χ2v) is 4.26. The minimum Gasteiger partial charge on any atom is -0.364 e. The summed E-state index contributed by atoms with van der Waals surface area (Å²) in [7, 11) is 0. The molecule has 18 heavy (non-hydrogen) atoms. The Morgan fingerprint density at radius 3 is 2.78 bits per heavy atom. The normalized spacial score (nSPS) is 10.6. The van der Waals surface area contributed by atoms with Crippen molar-refractivity contribution >= 4 is 17.5 Å². The Hall–Kier alpha value is -1.88. The summed E-state index contributed by atoms with van der Waals surface area (Å²) in [6, 6.07) is 7.49. The number of hydrogen-bond donors (Lipinski definition) is 1. The summed E-state index contributed by atoms with van der Waals surface area (Å²) < 4.78 is 1.65. The molecular weight excluding hydrogens is 252 g/mol. The maximum atomic E-state index is 11.2. The van der Waals surface area contributed by atoms with Crippen LogP contribution in [0, 0.1) is 0 Å². The summed E-state index contributed by atoms with van der Waals surface area (Å²) in [5.74, 6) is -0.558. The monoisotopic (exact) mass is 264 g/mol. The highest BCUT2D eigenvalue weighted by atomic mass is 35.5. The molecule has 0 bridgehead atoms. The molecule has 2 N–H and O–H groups in total. The van der Waals surface area contributed by atoms with Crippen molar-refractivity contribution in [1.29, 1.82) is 0 Å². The van der Waals surface area contributed by atoms with E-state index in [2.05, 4.69) is 10.3 Å². The topological polar surface area (TPSA) is 73.8 Å². The van der Waals surface area contributed by atoms with Crippen molar-refractivity contribution < 1.29 is 4.79 Å². The summed E-state index contributed by atoms with van der Waals surface area (Å²) in [5, 5.41) is 8.42. The highest BCUT2D eigenvalue weighted by molar-refractivity contribution is 6.31. The summed E-state index contributed by atoms with van der Waals surface area (Å²) >= 11 is 6.09. The number of hydrogen-bond acceptors (Lipinski definition) is 3. The Balaban J connectivity index is 2.35. The van der Waals surface area contributed by atoms with Crippen LogP contribution in [0.15, 0.2) is 24.3 Å². The number of aromatic nitrogens is 3. The standard InChI is InChI=1S/C12H13ClN4O/c1-2-10-11(12(14)18)15-16-17(10)7-8-5-3-4-6-9(8)13/h3-6H,2,7H2,1H3,(H2,14,18). The molecular formula is C12H13ClN4O. The molecule has 1 heterocycles. The lowest BCUT2D eigenvalue weighted by Crippen LogP contribution is -2.15. The molecule has 1 amide bonds. The fourth-order valence-electron chi connectivity index (χ4n) is 1.79. The van der Waals surface area contributed by atoms with E-state index >= 15 is 0 Å². The molecule has 0 aliphatic rings. The van der Waals surface area contributed by atoms with Crippen LogP contribution in [0.25, 0.3) is 0 Å². The van der Waals surface area contributed by atoms with E-state index in [4.69, 9.17) is 17.3 Å². The van der Waals surface area contributed by atoms with Gasteiger partial charge in [0.2, 0.25) is 0 Å². The quantitative estimate of drug-likeness (QED) is 0.912. The molecule has 1 aromatic carbocycles. The van der Waals surface area contributed by atoms with Gasteiger partial charge in [-0.2, -0.15) is 0 Å². The largest absolute Gasteiger partial charge is 0.364 e. The van der Waals surface area contributed by atoms with Crippen LogP contribution < -0.4 is 5.73 Å². The molecule has 0 fully saturated rings. The average molecular weight is 265 g/mol. The molecule has 6 heteroatoms. The van der Waals surface area contributed by atoms with E-state index in [0.29, 0.717) is 18.0 Å². The van der Waals surface area contributed by atoms with Crippen molar-refractivity contribution in [2.75, 3.05) is 0 Å². The SMILES string of the molecule is CCc1c(C(N)=O)nnn1Cc1ccccc1Cl. The lowest BCUT2D eigenvalue weighted by molar-refractivity contribution is 0.0994. The molecule has 2 rings (SSSR count). The number of nitrogens with two attached hydrogens (primary N) is 1. The van der Waals surface area contributed by atoms with Gasteiger partial charge < -0.3 is 5.73 Å². The van der Waals surface area contributed by atoms with Crippen molar-refractivity contribution in [2.45, 2.75) is 19.9 Å². The lowest BCUT2D eigenvalue weighted by atomic mass is 10.2. The first-order valence-electron chi connectivity index (χ1n) is 5.59. The third-order valence-electron chi connectivity index (χ3n) is 2.68. The van der Waals surface area contributed by atoms with E-state index in [-0.39, 0.29) is 5.69 Å². The summed E-state index contributed by atoms with van der Waals surface area (Å²) in [4.78, 5) is 11.2. The van der Waals surface area contributed by atoms with Crippen molar-refractivity contribution in [3.8, 4) is 0 Å². The second kappa shape index (κ2) is 5.18. The molecule has 0 saturated carbocycles. The number of nitrogens with zero attached hydrogens (tertiary/aromatic N) is 3. The predicted molar refractivity (Wildman–Crippen MR) is 68.5 cm³/mol. The molecule has 94 valence electrons. The van der Waals surface area contributed by atoms with Gasteiger partial charge in [0.15, 0.2) is 5.69 Å². The Bertz CT molecular complexity index is 579. The zero-order valence-corrected chi connectivity index (χ0v) is 10.7. The summed E-state index contributed by atoms with van der Waals surface area (Å²) in [5.41, 5.74) is 7.12. The molecule has 0 atom stereocenters. The van der Waals surface area contributed by atoms with Gasteiger partial charge in [-0.25, -0.2) is 4.68 Å². The molecule has 0 aliphatic carbocycles. The minimum atomic E-state index is -0.558. The van der Waals surface area contributed by atoms with E-state index in [1.165, 1.54) is 0 Å². The summed E-state index contributed by atoms with van der Waals surface area (Å²) in [6.45, 7) is 2.40. The van der Waals surface area contributed by atoms with Crippen molar-refractivity contribution in [3.05, 3.63) is 46.2 Å². The van der Waals surface area contributed by atoms with Crippen LogP contribution in [0.3, 0.4) is 0 Å². The first-order chi connectivity index (χ1) is 8.63. The number of halogens is 1. The Kier molecular flexibility index (Phi) is 3.62. The second-order valence-electron chi connectivity index (χ2n) is 3.85. The number of amides is 1. The van der Waals surface area contributed by atoms with Crippen molar-refractivity contribution in [2.24, 2.45) is 5.73 Å². The first kappa shape index (κ1) is 12.6. The number of carbonyl (C=O) groups is 1. The smallest absolute Gasteiger partial charge is 0.271 e. The molecule has 0 radical (unpaired) electrons. The van der Waals surface area contributed by atoms with Gasteiger partial charge in [-0.1, -0.05) is 41.9 Å². The Morgan fingerprint density at radius 2 is 2.17 bits per heavy atom. The van der Waals surface area contributed by atoms with Crippen LogP contribution in [-0.2, 0) is 13.0 Å². The molecule has 0 spiro atoms. The maximum Gasteiger partial charge on any atom is 0.271 e. The van der Waals surface area contributed by atoms with Gasteiger partial charge in [-0.05, 0) is 18.1 Å². The van der Waals surface area contributed by atoms with Crippen LogP contribution in [0.4, 0.5) is 0 Å². The van der Waals surface area contributed by atoms with Crippen LogP contribution in [0.1, 0.15) is 28.7 Å². The molecule has 5 nitrogen and oxygen atoms in total. The number of benzene rings is 1. The molecule has 0 saturated heterocycles. The zero-order chi connectivity index (χ0) is 13.1. The van der Waals surface area contributed by atoms with Crippen LogP contribution in [-0.4, -0.2) is 20.9 Å². The van der Waals surface area contributed by atoms with E-state index in [1.54, 1.807) is 4.68 Å². The molecule has 2 aromatic rings. The van der Waals surface area contributed by atoms with E-state index in [0.717, 1.165) is 11.3 Å². The molecule has 0 unspecified atom stereocenters. The van der Waals surface area contributed by atoms with Gasteiger partial charge in [-0.15, -0.1) is 5.10 Å². The van der Waals surface area contributed by atoms with Gasteiger partial charge in [0.1, 0.15) is 0 Å². The highest BCUT2D eigenvalue weighted by Gasteiger charge is 2.16. The van der Waals surface area contributed by atoms with Crippen molar-refractivity contribution in [1.82, 2.24) is 15.0 Å². The Labute approximate surface area is 110 Å². The van der Waals surface area contributed by atoms with E-state index in [1.807, 2.05) is 31.2 Å².